The Balaban J connectivity index is 2.56. The highest BCUT2D eigenvalue weighted by atomic mass is 16.5. The van der Waals surface area contributed by atoms with E-state index in [-0.39, 0.29) is 0 Å². The van der Waals surface area contributed by atoms with E-state index in [0.29, 0.717) is 24.3 Å². The average Bonchev–Trinajstić information content (AvgIpc) is 2.25. The van der Waals surface area contributed by atoms with Crippen molar-refractivity contribution in [3.05, 3.63) is 29.8 Å². The molecule has 0 amide bonds. The zero-order valence-electron chi connectivity index (χ0n) is 8.12. The molecule has 0 spiro atoms. The standard InChI is InChI=1S/C12H12O2/c1-2-3-6-9-14-12-8-5-4-7-11(12)10-13/h4-5,7-8,10H,6,9H2,1H3. The van der Waals surface area contributed by atoms with Gasteiger partial charge in [-0.1, -0.05) is 12.1 Å². The third kappa shape index (κ3) is 2.95. The minimum atomic E-state index is 0.520. The monoisotopic (exact) mass is 188 g/mol. The van der Waals surface area contributed by atoms with Crippen LogP contribution in [0.25, 0.3) is 0 Å². The number of rotatable bonds is 4. The molecule has 0 heterocycles. The normalized spacial score (nSPS) is 8.64. The minimum Gasteiger partial charge on any atom is -0.492 e. The van der Waals surface area contributed by atoms with Gasteiger partial charge >= 0.3 is 0 Å². The third-order valence-electron chi connectivity index (χ3n) is 1.71. The summed E-state index contributed by atoms with van der Waals surface area (Å²) in [6.45, 7) is 2.31. The first-order chi connectivity index (χ1) is 6.88. The van der Waals surface area contributed by atoms with Crippen LogP contribution in [0.4, 0.5) is 0 Å². The Hall–Kier alpha value is -1.75. The topological polar surface area (TPSA) is 26.3 Å². The van der Waals surface area contributed by atoms with Crippen LogP contribution in [0, 0.1) is 11.8 Å². The summed E-state index contributed by atoms with van der Waals surface area (Å²) in [4.78, 5) is 10.6. The summed E-state index contributed by atoms with van der Waals surface area (Å²) < 4.78 is 5.40. The number of hydrogen-bond donors (Lipinski definition) is 0. The first-order valence-corrected chi connectivity index (χ1v) is 4.45. The van der Waals surface area contributed by atoms with Crippen LogP contribution in [0.3, 0.4) is 0 Å². The molecule has 0 aromatic heterocycles. The predicted octanol–water partition coefficient (Wildman–Crippen LogP) is 2.29. The molecule has 14 heavy (non-hydrogen) atoms. The zero-order chi connectivity index (χ0) is 10.2. The van der Waals surface area contributed by atoms with Gasteiger partial charge in [0.1, 0.15) is 5.75 Å². The van der Waals surface area contributed by atoms with Crippen LogP contribution in [-0.4, -0.2) is 12.9 Å². The van der Waals surface area contributed by atoms with Crippen LogP contribution in [0.15, 0.2) is 24.3 Å². The van der Waals surface area contributed by atoms with E-state index < -0.39 is 0 Å². The largest absolute Gasteiger partial charge is 0.492 e. The van der Waals surface area contributed by atoms with Gasteiger partial charge in [-0.25, -0.2) is 0 Å². The molecule has 2 heteroatoms. The van der Waals surface area contributed by atoms with Crippen molar-refractivity contribution in [1.29, 1.82) is 0 Å². The van der Waals surface area contributed by atoms with Crippen LogP contribution in [0.5, 0.6) is 5.75 Å². The molecule has 0 atom stereocenters. The zero-order valence-corrected chi connectivity index (χ0v) is 8.12. The SMILES string of the molecule is CC#CCCOc1ccccc1C=O. The van der Waals surface area contributed by atoms with Gasteiger partial charge in [-0.2, -0.15) is 0 Å². The van der Waals surface area contributed by atoms with Crippen LogP contribution in [0.2, 0.25) is 0 Å². The van der Waals surface area contributed by atoms with Gasteiger partial charge in [0.05, 0.1) is 12.2 Å². The maximum atomic E-state index is 10.6. The molecular weight excluding hydrogens is 176 g/mol. The minimum absolute atomic E-state index is 0.520. The van der Waals surface area contributed by atoms with E-state index in [4.69, 9.17) is 4.74 Å². The van der Waals surface area contributed by atoms with E-state index in [1.807, 2.05) is 12.1 Å². The van der Waals surface area contributed by atoms with E-state index in [2.05, 4.69) is 11.8 Å². The van der Waals surface area contributed by atoms with Crippen molar-refractivity contribution in [3.8, 4) is 17.6 Å². The van der Waals surface area contributed by atoms with Crippen LogP contribution < -0.4 is 4.74 Å². The molecule has 1 aromatic carbocycles. The molecule has 0 aliphatic carbocycles. The van der Waals surface area contributed by atoms with Crippen molar-refractivity contribution in [2.24, 2.45) is 0 Å². The molecule has 0 fully saturated rings. The quantitative estimate of drug-likeness (QED) is 0.411. The molecule has 1 aromatic rings. The van der Waals surface area contributed by atoms with Crippen LogP contribution >= 0.6 is 0 Å². The van der Waals surface area contributed by atoms with E-state index in [1.54, 1.807) is 19.1 Å². The van der Waals surface area contributed by atoms with Gasteiger partial charge in [0.15, 0.2) is 6.29 Å². The molecule has 72 valence electrons. The van der Waals surface area contributed by atoms with E-state index in [1.165, 1.54) is 0 Å². The van der Waals surface area contributed by atoms with Gasteiger partial charge < -0.3 is 4.74 Å². The summed E-state index contributed by atoms with van der Waals surface area (Å²) in [6.07, 6.45) is 1.48. The first-order valence-electron chi connectivity index (χ1n) is 4.45. The molecule has 0 saturated carbocycles. The molecule has 0 aliphatic rings. The fourth-order valence-corrected chi connectivity index (χ4v) is 1.05. The molecule has 0 unspecified atom stereocenters. The third-order valence-corrected chi connectivity index (χ3v) is 1.71. The van der Waals surface area contributed by atoms with Crippen molar-refractivity contribution in [2.75, 3.05) is 6.61 Å². The van der Waals surface area contributed by atoms with Gasteiger partial charge in [0, 0.05) is 6.42 Å². The Morgan fingerprint density at radius 2 is 2.21 bits per heavy atom. The second-order valence-corrected chi connectivity index (χ2v) is 2.68. The van der Waals surface area contributed by atoms with Gasteiger partial charge in [-0.15, -0.1) is 11.8 Å². The highest BCUT2D eigenvalue weighted by molar-refractivity contribution is 5.79. The van der Waals surface area contributed by atoms with Gasteiger partial charge in [-0.05, 0) is 19.1 Å². The number of para-hydroxylation sites is 1. The molecule has 0 bridgehead atoms. The smallest absolute Gasteiger partial charge is 0.153 e. The number of aldehydes is 1. The number of ether oxygens (including phenoxy) is 1. The lowest BCUT2D eigenvalue weighted by atomic mass is 10.2. The Morgan fingerprint density at radius 1 is 1.43 bits per heavy atom. The number of hydrogen-bond acceptors (Lipinski definition) is 2. The highest BCUT2D eigenvalue weighted by Crippen LogP contribution is 2.15. The van der Waals surface area contributed by atoms with Crippen molar-refractivity contribution in [1.82, 2.24) is 0 Å². The summed E-state index contributed by atoms with van der Waals surface area (Å²) >= 11 is 0. The molecular formula is C12H12O2. The Bertz CT molecular complexity index is 358. The predicted molar refractivity (Wildman–Crippen MR) is 55.4 cm³/mol. The van der Waals surface area contributed by atoms with E-state index in [0.717, 1.165) is 6.29 Å². The second-order valence-electron chi connectivity index (χ2n) is 2.68. The lowest BCUT2D eigenvalue weighted by Crippen LogP contribution is -1.98. The summed E-state index contributed by atoms with van der Waals surface area (Å²) in [5.41, 5.74) is 0.581. The van der Waals surface area contributed by atoms with Gasteiger partial charge in [0.25, 0.3) is 0 Å². The Kier molecular flexibility index (Phi) is 4.30. The first kappa shape index (κ1) is 10.3. The van der Waals surface area contributed by atoms with Crippen molar-refractivity contribution in [3.63, 3.8) is 0 Å². The average molecular weight is 188 g/mol. The van der Waals surface area contributed by atoms with Crippen molar-refractivity contribution >= 4 is 6.29 Å². The molecule has 2 nitrogen and oxygen atoms in total. The lowest BCUT2D eigenvalue weighted by molar-refractivity contribution is 0.111. The van der Waals surface area contributed by atoms with Gasteiger partial charge in [0.2, 0.25) is 0 Å². The van der Waals surface area contributed by atoms with Crippen molar-refractivity contribution < 1.29 is 9.53 Å². The second kappa shape index (κ2) is 5.82. The van der Waals surface area contributed by atoms with Gasteiger partial charge in [-0.3, -0.25) is 4.79 Å². The maximum Gasteiger partial charge on any atom is 0.153 e. The number of benzene rings is 1. The Labute approximate surface area is 83.9 Å². The molecule has 1 rings (SSSR count). The molecule has 0 N–H and O–H groups in total. The number of carbonyl (C=O) groups is 1. The van der Waals surface area contributed by atoms with Crippen molar-refractivity contribution in [2.45, 2.75) is 13.3 Å². The molecule has 0 saturated heterocycles. The highest BCUT2D eigenvalue weighted by Gasteiger charge is 1.99. The Morgan fingerprint density at radius 3 is 2.93 bits per heavy atom. The fraction of sp³-hybridized carbons (Fsp3) is 0.250. The number of carbonyl (C=O) groups excluding carboxylic acids is 1. The summed E-state index contributed by atoms with van der Waals surface area (Å²) in [7, 11) is 0. The lowest BCUT2D eigenvalue weighted by Gasteiger charge is -2.05. The van der Waals surface area contributed by atoms with Crippen LogP contribution in [0.1, 0.15) is 23.7 Å². The summed E-state index contributed by atoms with van der Waals surface area (Å²) in [5, 5.41) is 0. The molecule has 0 radical (unpaired) electrons. The summed E-state index contributed by atoms with van der Waals surface area (Å²) in [6, 6.07) is 7.16. The van der Waals surface area contributed by atoms with Crippen LogP contribution in [-0.2, 0) is 0 Å². The summed E-state index contributed by atoms with van der Waals surface area (Å²) in [5.74, 6) is 6.30. The van der Waals surface area contributed by atoms with E-state index >= 15 is 0 Å². The fourth-order valence-electron chi connectivity index (χ4n) is 1.05. The van der Waals surface area contributed by atoms with E-state index in [9.17, 15) is 4.79 Å². The molecule has 0 aliphatic heterocycles. The maximum absolute atomic E-state index is 10.6.